The van der Waals surface area contributed by atoms with Crippen LogP contribution in [0.15, 0.2) is 23.1 Å². The number of hydrogen-bond donors (Lipinski definition) is 2. The van der Waals surface area contributed by atoms with Gasteiger partial charge in [0.1, 0.15) is 6.23 Å². The molecule has 0 aromatic heterocycles. The molecule has 0 heterocycles. The fourth-order valence-corrected chi connectivity index (χ4v) is 4.98. The molecule has 0 radical (unpaired) electrons. The standard InChI is InChI=1S/C22H35ClN2O5S/c1-4-6-7-8-9-10-11-12-20(27)19-16-18(23)13-14-21(19)31(29,30)25(17(3)26)22(28)24-15-5-2/h13-14,16-17,26H,4-12,15H2,1-3H3,(H,24,28). The number of carbonyl (C=O) groups is 2. The highest BCUT2D eigenvalue weighted by atomic mass is 35.5. The van der Waals surface area contributed by atoms with Crippen LogP contribution in [-0.2, 0) is 10.0 Å². The van der Waals surface area contributed by atoms with E-state index in [0.717, 1.165) is 19.3 Å². The zero-order chi connectivity index (χ0) is 23.4. The van der Waals surface area contributed by atoms with Gasteiger partial charge in [-0.3, -0.25) is 4.79 Å². The molecule has 0 saturated heterocycles. The van der Waals surface area contributed by atoms with E-state index >= 15 is 0 Å². The molecule has 1 aromatic rings. The minimum absolute atomic E-state index is 0.0626. The van der Waals surface area contributed by atoms with Gasteiger partial charge in [0, 0.05) is 23.6 Å². The van der Waals surface area contributed by atoms with Gasteiger partial charge >= 0.3 is 6.03 Å². The first-order valence-electron chi connectivity index (χ1n) is 11.0. The summed E-state index contributed by atoms with van der Waals surface area (Å²) in [7, 11) is -4.48. The van der Waals surface area contributed by atoms with Crippen molar-refractivity contribution >= 4 is 33.4 Å². The number of carbonyl (C=O) groups excluding carboxylic acids is 2. The molecule has 7 nitrogen and oxygen atoms in total. The van der Waals surface area contributed by atoms with E-state index < -0.39 is 22.3 Å². The molecule has 0 saturated carbocycles. The highest BCUT2D eigenvalue weighted by Crippen LogP contribution is 2.27. The second kappa shape index (κ2) is 13.7. The zero-order valence-corrected chi connectivity index (χ0v) is 20.3. The van der Waals surface area contributed by atoms with Gasteiger partial charge in [0.05, 0.1) is 4.90 Å². The van der Waals surface area contributed by atoms with Crippen molar-refractivity contribution in [2.45, 2.75) is 89.7 Å². The summed E-state index contributed by atoms with van der Waals surface area (Å²) in [5.41, 5.74) is -0.0626. The van der Waals surface area contributed by atoms with Crippen molar-refractivity contribution in [1.82, 2.24) is 9.62 Å². The average molecular weight is 475 g/mol. The number of nitrogens with one attached hydrogen (secondary N) is 1. The third-order valence-electron chi connectivity index (χ3n) is 4.85. The maximum absolute atomic E-state index is 13.2. The highest BCUT2D eigenvalue weighted by molar-refractivity contribution is 7.89. The summed E-state index contributed by atoms with van der Waals surface area (Å²) in [6.07, 6.45) is 6.41. The van der Waals surface area contributed by atoms with Crippen LogP contribution >= 0.6 is 11.6 Å². The number of amides is 2. The average Bonchev–Trinajstić information content (AvgIpc) is 2.70. The molecule has 0 fully saturated rings. The van der Waals surface area contributed by atoms with Crippen LogP contribution < -0.4 is 5.32 Å². The van der Waals surface area contributed by atoms with Crippen molar-refractivity contribution in [3.05, 3.63) is 28.8 Å². The van der Waals surface area contributed by atoms with Crippen LogP contribution in [0.2, 0.25) is 5.02 Å². The lowest BCUT2D eigenvalue weighted by Crippen LogP contribution is -2.48. The second-order valence-corrected chi connectivity index (χ2v) is 9.82. The van der Waals surface area contributed by atoms with Crippen LogP contribution in [0, 0.1) is 0 Å². The number of urea groups is 1. The van der Waals surface area contributed by atoms with E-state index in [0.29, 0.717) is 17.1 Å². The molecule has 9 heteroatoms. The summed E-state index contributed by atoms with van der Waals surface area (Å²) in [6.45, 7) is 5.41. The van der Waals surface area contributed by atoms with Gasteiger partial charge in [-0.15, -0.1) is 0 Å². The quantitative estimate of drug-likeness (QED) is 0.221. The number of Topliss-reactive ketones (excluding diaryl/α,β-unsaturated/α-hetero) is 1. The monoisotopic (exact) mass is 474 g/mol. The van der Waals surface area contributed by atoms with Gasteiger partial charge in [-0.2, -0.15) is 4.31 Å². The van der Waals surface area contributed by atoms with Crippen LogP contribution in [-0.4, -0.2) is 42.4 Å². The van der Waals surface area contributed by atoms with E-state index in [1.165, 1.54) is 44.4 Å². The van der Waals surface area contributed by atoms with Gasteiger partial charge in [-0.05, 0) is 38.0 Å². The number of nitrogens with zero attached hydrogens (tertiary/aromatic N) is 1. The van der Waals surface area contributed by atoms with Crippen LogP contribution in [0.3, 0.4) is 0 Å². The van der Waals surface area contributed by atoms with Gasteiger partial charge in [-0.1, -0.05) is 64.0 Å². The molecule has 0 bridgehead atoms. The summed E-state index contributed by atoms with van der Waals surface area (Å²) < 4.78 is 26.8. The molecule has 1 aromatic carbocycles. The van der Waals surface area contributed by atoms with E-state index in [4.69, 9.17) is 11.6 Å². The minimum Gasteiger partial charge on any atom is -0.373 e. The van der Waals surface area contributed by atoms with Crippen molar-refractivity contribution in [3.8, 4) is 0 Å². The van der Waals surface area contributed by atoms with Gasteiger partial charge in [0.25, 0.3) is 10.0 Å². The van der Waals surface area contributed by atoms with Crippen LogP contribution in [0.5, 0.6) is 0 Å². The first-order chi connectivity index (χ1) is 14.7. The maximum atomic E-state index is 13.2. The number of hydrogen-bond acceptors (Lipinski definition) is 5. The summed E-state index contributed by atoms with van der Waals surface area (Å²) in [5, 5.41) is 12.7. The Labute approximate surface area is 191 Å². The molecule has 2 amide bonds. The number of aliphatic hydroxyl groups is 1. The number of benzene rings is 1. The number of halogens is 1. The fourth-order valence-electron chi connectivity index (χ4n) is 3.22. The molecule has 176 valence electrons. The third-order valence-corrected chi connectivity index (χ3v) is 6.99. The summed E-state index contributed by atoms with van der Waals surface area (Å²) >= 11 is 6.03. The number of unbranched alkanes of at least 4 members (excludes halogenated alkanes) is 6. The number of sulfonamides is 1. The third kappa shape index (κ3) is 8.43. The Morgan fingerprint density at radius 3 is 2.26 bits per heavy atom. The SMILES string of the molecule is CCCCCCCCCC(=O)c1cc(Cl)ccc1S(=O)(=O)N(C(=O)NCCC)C(C)O. The molecule has 0 aliphatic rings. The summed E-state index contributed by atoms with van der Waals surface area (Å²) in [6, 6.07) is 2.92. The molecular weight excluding hydrogens is 440 g/mol. The minimum atomic E-state index is -4.48. The lowest BCUT2D eigenvalue weighted by Gasteiger charge is -2.26. The largest absolute Gasteiger partial charge is 0.373 e. The topological polar surface area (TPSA) is 104 Å². The Morgan fingerprint density at radius 1 is 1.06 bits per heavy atom. The smallest absolute Gasteiger partial charge is 0.333 e. The first-order valence-corrected chi connectivity index (χ1v) is 12.8. The van der Waals surface area contributed by atoms with Crippen molar-refractivity contribution in [1.29, 1.82) is 0 Å². The molecule has 1 atom stereocenters. The Hall–Kier alpha value is -1.64. The second-order valence-electron chi connectivity index (χ2n) is 7.60. The van der Waals surface area contributed by atoms with Crippen molar-refractivity contribution in [2.24, 2.45) is 0 Å². The van der Waals surface area contributed by atoms with Crippen LogP contribution in [0.1, 0.15) is 88.9 Å². The van der Waals surface area contributed by atoms with Gasteiger partial charge < -0.3 is 10.4 Å². The lowest BCUT2D eigenvalue weighted by molar-refractivity contribution is 0.0939. The maximum Gasteiger partial charge on any atom is 0.333 e. The predicted molar refractivity (Wildman–Crippen MR) is 123 cm³/mol. The van der Waals surface area contributed by atoms with Gasteiger partial charge in [0.15, 0.2) is 5.78 Å². The van der Waals surface area contributed by atoms with Crippen molar-refractivity contribution in [2.75, 3.05) is 6.54 Å². The Morgan fingerprint density at radius 2 is 1.68 bits per heavy atom. The summed E-state index contributed by atoms with van der Waals surface area (Å²) in [5.74, 6) is -0.353. The normalized spacial score (nSPS) is 12.4. The van der Waals surface area contributed by atoms with E-state index in [1.54, 1.807) is 0 Å². The van der Waals surface area contributed by atoms with E-state index in [1.807, 2.05) is 6.92 Å². The van der Waals surface area contributed by atoms with E-state index in [-0.39, 0.29) is 34.2 Å². The Kier molecular flexibility index (Phi) is 12.1. The summed E-state index contributed by atoms with van der Waals surface area (Å²) in [4.78, 5) is 24.9. The van der Waals surface area contributed by atoms with Crippen LogP contribution in [0.25, 0.3) is 0 Å². The Bertz CT molecular complexity index is 827. The van der Waals surface area contributed by atoms with E-state index in [2.05, 4.69) is 12.2 Å². The van der Waals surface area contributed by atoms with Crippen molar-refractivity contribution < 1.29 is 23.1 Å². The van der Waals surface area contributed by atoms with Crippen LogP contribution in [0.4, 0.5) is 4.79 Å². The van der Waals surface area contributed by atoms with Gasteiger partial charge in [0.2, 0.25) is 0 Å². The fraction of sp³-hybridized carbons (Fsp3) is 0.636. The molecule has 31 heavy (non-hydrogen) atoms. The number of rotatable bonds is 14. The molecule has 1 unspecified atom stereocenters. The molecule has 0 aliphatic carbocycles. The van der Waals surface area contributed by atoms with Crippen molar-refractivity contribution in [3.63, 3.8) is 0 Å². The Balaban J connectivity index is 3.04. The number of aliphatic hydroxyl groups excluding tert-OH is 1. The molecule has 1 rings (SSSR count). The lowest BCUT2D eigenvalue weighted by atomic mass is 10.0. The van der Waals surface area contributed by atoms with Gasteiger partial charge in [-0.25, -0.2) is 13.2 Å². The molecular formula is C22H35ClN2O5S. The number of ketones is 1. The highest BCUT2D eigenvalue weighted by Gasteiger charge is 2.35. The molecule has 0 spiro atoms. The molecule has 0 aliphatic heterocycles. The zero-order valence-electron chi connectivity index (χ0n) is 18.7. The first kappa shape index (κ1) is 27.4. The van der Waals surface area contributed by atoms with E-state index in [9.17, 15) is 23.1 Å². The predicted octanol–water partition coefficient (Wildman–Crippen LogP) is 5.11. The molecule has 2 N–H and O–H groups in total.